The van der Waals surface area contributed by atoms with Gasteiger partial charge in [0.2, 0.25) is 0 Å². The van der Waals surface area contributed by atoms with Crippen LogP contribution in [0.2, 0.25) is 0 Å². The van der Waals surface area contributed by atoms with Gasteiger partial charge in [-0.15, -0.1) is 11.3 Å². The van der Waals surface area contributed by atoms with Crippen LogP contribution in [0.4, 0.5) is 0 Å². The van der Waals surface area contributed by atoms with E-state index in [9.17, 15) is 0 Å². The van der Waals surface area contributed by atoms with E-state index >= 15 is 0 Å². The highest BCUT2D eigenvalue weighted by Gasteiger charge is 2.35. The standard InChI is InChI=1S/C54H37N3S/c1-54(2)47-28-10-9-23-43(47)44-30-29-38(33-48(44)54)42-25-14-27-46-45-26-13-24-41(49(45)58-50(42)46)37-20-12-22-40(32-37)53-56-51(35-17-7-4-8-18-35)55-52(57-53)39-21-11-19-36(31-39)34-15-5-3-6-16-34/h3-33H,1-2H3. The number of rotatable bonds is 6. The van der Waals surface area contributed by atoms with Crippen molar-refractivity contribution in [3.63, 3.8) is 0 Å². The van der Waals surface area contributed by atoms with E-state index in [0.717, 1.165) is 33.4 Å². The lowest BCUT2D eigenvalue weighted by Crippen LogP contribution is -2.14. The Morgan fingerprint density at radius 3 is 1.43 bits per heavy atom. The quantitative estimate of drug-likeness (QED) is 0.169. The molecule has 0 amide bonds. The number of hydrogen-bond donors (Lipinski definition) is 0. The first-order valence-corrected chi connectivity index (χ1v) is 20.6. The second-order valence-electron chi connectivity index (χ2n) is 15.6. The van der Waals surface area contributed by atoms with Gasteiger partial charge < -0.3 is 0 Å². The Hall–Kier alpha value is -7.01. The van der Waals surface area contributed by atoms with Crippen LogP contribution in [-0.2, 0) is 5.41 Å². The van der Waals surface area contributed by atoms with Gasteiger partial charge >= 0.3 is 0 Å². The van der Waals surface area contributed by atoms with Crippen LogP contribution in [0.5, 0.6) is 0 Å². The average Bonchev–Trinajstić information content (AvgIpc) is 3.79. The van der Waals surface area contributed by atoms with Crippen molar-refractivity contribution in [3.8, 4) is 78.7 Å². The molecule has 0 atom stereocenters. The molecular formula is C54H37N3S. The van der Waals surface area contributed by atoms with Crippen LogP contribution in [-0.4, -0.2) is 15.0 Å². The largest absolute Gasteiger partial charge is 0.208 e. The maximum Gasteiger partial charge on any atom is 0.164 e. The second-order valence-corrected chi connectivity index (χ2v) is 16.6. The Labute approximate surface area is 342 Å². The van der Waals surface area contributed by atoms with Gasteiger partial charge in [0.25, 0.3) is 0 Å². The van der Waals surface area contributed by atoms with Crippen molar-refractivity contribution in [1.82, 2.24) is 15.0 Å². The minimum absolute atomic E-state index is 0.0540. The minimum atomic E-state index is -0.0540. The average molecular weight is 760 g/mol. The first-order chi connectivity index (χ1) is 28.5. The monoisotopic (exact) mass is 759 g/mol. The van der Waals surface area contributed by atoms with Crippen molar-refractivity contribution in [2.75, 3.05) is 0 Å². The van der Waals surface area contributed by atoms with Crippen LogP contribution >= 0.6 is 11.3 Å². The summed E-state index contributed by atoms with van der Waals surface area (Å²) in [7, 11) is 0. The topological polar surface area (TPSA) is 38.7 Å². The van der Waals surface area contributed by atoms with Crippen LogP contribution in [0.25, 0.3) is 98.8 Å². The lowest BCUT2D eigenvalue weighted by molar-refractivity contribution is 0.660. The zero-order valence-electron chi connectivity index (χ0n) is 32.1. The highest BCUT2D eigenvalue weighted by Crippen LogP contribution is 2.51. The first-order valence-electron chi connectivity index (χ1n) is 19.8. The molecule has 10 aromatic rings. The van der Waals surface area contributed by atoms with Gasteiger partial charge in [0.05, 0.1) is 0 Å². The summed E-state index contributed by atoms with van der Waals surface area (Å²) < 4.78 is 2.58. The molecule has 0 saturated heterocycles. The smallest absolute Gasteiger partial charge is 0.164 e. The fourth-order valence-corrected chi connectivity index (χ4v) is 10.2. The third-order valence-corrected chi connectivity index (χ3v) is 13.0. The third kappa shape index (κ3) is 5.68. The molecule has 1 aliphatic rings. The first kappa shape index (κ1) is 34.3. The molecule has 8 aromatic carbocycles. The molecule has 4 heteroatoms. The fraction of sp³-hybridized carbons (Fsp3) is 0.0556. The highest BCUT2D eigenvalue weighted by molar-refractivity contribution is 7.26. The van der Waals surface area contributed by atoms with E-state index in [2.05, 4.69) is 178 Å². The number of aromatic nitrogens is 3. The number of hydrogen-bond acceptors (Lipinski definition) is 4. The Balaban J connectivity index is 1.02. The molecule has 0 spiro atoms. The number of nitrogens with zero attached hydrogens (tertiary/aromatic N) is 3. The normalized spacial score (nSPS) is 12.8. The molecule has 3 nitrogen and oxygen atoms in total. The van der Waals surface area contributed by atoms with E-state index in [-0.39, 0.29) is 5.41 Å². The molecule has 0 radical (unpaired) electrons. The second kappa shape index (κ2) is 13.6. The summed E-state index contributed by atoms with van der Waals surface area (Å²) in [6.45, 7) is 4.71. The van der Waals surface area contributed by atoms with Gasteiger partial charge in [0, 0.05) is 42.3 Å². The van der Waals surface area contributed by atoms with Crippen molar-refractivity contribution in [3.05, 3.63) is 199 Å². The Bertz CT molecular complexity index is 3200. The summed E-state index contributed by atoms with van der Waals surface area (Å²) in [6.07, 6.45) is 0. The van der Waals surface area contributed by atoms with Crippen molar-refractivity contribution in [1.29, 1.82) is 0 Å². The summed E-state index contributed by atoms with van der Waals surface area (Å²) in [6, 6.07) is 67.1. The Morgan fingerprint density at radius 1 is 0.328 bits per heavy atom. The van der Waals surface area contributed by atoms with Crippen molar-refractivity contribution < 1.29 is 0 Å². The fourth-order valence-electron chi connectivity index (χ4n) is 8.79. The number of fused-ring (bicyclic) bond motifs is 6. The van der Waals surface area contributed by atoms with Gasteiger partial charge in [0.1, 0.15) is 0 Å². The molecule has 0 fully saturated rings. The number of benzene rings is 8. The lowest BCUT2D eigenvalue weighted by Gasteiger charge is -2.22. The summed E-state index contributed by atoms with van der Waals surface area (Å²) in [5, 5.41) is 2.55. The van der Waals surface area contributed by atoms with Crippen LogP contribution in [0.1, 0.15) is 25.0 Å². The molecule has 2 aromatic heterocycles. The van der Waals surface area contributed by atoms with Crippen molar-refractivity contribution in [2.45, 2.75) is 19.3 Å². The molecule has 2 heterocycles. The van der Waals surface area contributed by atoms with Gasteiger partial charge in [0.15, 0.2) is 17.5 Å². The molecule has 58 heavy (non-hydrogen) atoms. The van der Waals surface area contributed by atoms with E-state index in [0.29, 0.717) is 17.5 Å². The van der Waals surface area contributed by atoms with E-state index in [1.165, 1.54) is 59.1 Å². The van der Waals surface area contributed by atoms with Gasteiger partial charge in [-0.25, -0.2) is 15.0 Å². The summed E-state index contributed by atoms with van der Waals surface area (Å²) >= 11 is 1.88. The van der Waals surface area contributed by atoms with Crippen LogP contribution in [0.3, 0.4) is 0 Å². The minimum Gasteiger partial charge on any atom is -0.208 e. The third-order valence-electron chi connectivity index (χ3n) is 11.7. The molecule has 0 aliphatic heterocycles. The summed E-state index contributed by atoms with van der Waals surface area (Å²) in [5.74, 6) is 1.93. The van der Waals surface area contributed by atoms with Gasteiger partial charge in [-0.1, -0.05) is 184 Å². The zero-order chi connectivity index (χ0) is 38.8. The molecule has 1 aliphatic carbocycles. The van der Waals surface area contributed by atoms with E-state index in [1.54, 1.807) is 0 Å². The van der Waals surface area contributed by atoms with Crippen molar-refractivity contribution in [2.24, 2.45) is 0 Å². The SMILES string of the molecule is CC1(C)c2ccccc2-c2ccc(-c3cccc4c3sc3c(-c5cccc(-c6nc(-c7ccccc7)nc(-c7cccc(-c8ccccc8)c7)n6)c5)cccc34)cc21. The van der Waals surface area contributed by atoms with E-state index < -0.39 is 0 Å². The van der Waals surface area contributed by atoms with Crippen molar-refractivity contribution >= 4 is 31.5 Å². The van der Waals surface area contributed by atoms with Gasteiger partial charge in [-0.05, 0) is 73.8 Å². The molecular weight excluding hydrogens is 723 g/mol. The van der Waals surface area contributed by atoms with Crippen LogP contribution in [0.15, 0.2) is 188 Å². The molecule has 0 saturated carbocycles. The van der Waals surface area contributed by atoms with E-state index in [1.807, 2.05) is 35.6 Å². The Kier molecular flexibility index (Phi) is 8.02. The molecule has 274 valence electrons. The predicted octanol–water partition coefficient (Wildman–Crippen LogP) is 14.5. The maximum atomic E-state index is 5.14. The maximum absolute atomic E-state index is 5.14. The highest BCUT2D eigenvalue weighted by atomic mass is 32.1. The lowest BCUT2D eigenvalue weighted by atomic mass is 9.81. The zero-order valence-corrected chi connectivity index (χ0v) is 33.0. The number of thiophene rings is 1. The summed E-state index contributed by atoms with van der Waals surface area (Å²) in [5.41, 5.74) is 15.4. The molecule has 0 bridgehead atoms. The Morgan fingerprint density at radius 2 is 0.776 bits per heavy atom. The van der Waals surface area contributed by atoms with Crippen LogP contribution in [0, 0.1) is 0 Å². The molecule has 0 N–H and O–H groups in total. The predicted molar refractivity (Wildman–Crippen MR) is 243 cm³/mol. The summed E-state index contributed by atoms with van der Waals surface area (Å²) in [4.78, 5) is 15.3. The molecule has 11 rings (SSSR count). The van der Waals surface area contributed by atoms with E-state index in [4.69, 9.17) is 15.0 Å². The molecule has 0 unspecified atom stereocenters. The van der Waals surface area contributed by atoms with Crippen LogP contribution < -0.4 is 0 Å². The van der Waals surface area contributed by atoms with Gasteiger partial charge in [-0.2, -0.15) is 0 Å². The van der Waals surface area contributed by atoms with Gasteiger partial charge in [-0.3, -0.25) is 0 Å².